The molecule has 1 aromatic rings. The topological polar surface area (TPSA) is 30.7 Å². The molecule has 4 atom stereocenters. The van der Waals surface area contributed by atoms with E-state index in [2.05, 4.69) is 30.3 Å². The van der Waals surface area contributed by atoms with Crippen LogP contribution in [0.5, 0.6) is 0 Å². The smallest absolute Gasteiger partial charge is 0.303 e. The average Bonchev–Trinajstić information content (AvgIpc) is 2.39. The zero-order chi connectivity index (χ0) is 12.5. The van der Waals surface area contributed by atoms with Crippen LogP contribution in [0.4, 0.5) is 0 Å². The molecule has 0 aliphatic carbocycles. The third kappa shape index (κ3) is 2.15. The molecule has 0 amide bonds. The predicted molar refractivity (Wildman–Crippen MR) is 68.4 cm³/mol. The van der Waals surface area contributed by atoms with Gasteiger partial charge in [0.25, 0.3) is 0 Å². The minimum absolute atomic E-state index is 0.116. The van der Waals surface area contributed by atoms with Gasteiger partial charge in [-0.25, -0.2) is 0 Å². The summed E-state index contributed by atoms with van der Waals surface area (Å²) in [6.07, 6.45) is 1.29. The van der Waals surface area contributed by atoms with Gasteiger partial charge in [-0.2, -0.15) is 0 Å². The van der Waals surface area contributed by atoms with Crippen LogP contribution in [0.1, 0.15) is 24.8 Å². The van der Waals surface area contributed by atoms with Crippen LogP contribution in [0.2, 0.25) is 0 Å². The summed E-state index contributed by atoms with van der Waals surface area (Å²) >= 11 is 0. The molecule has 18 heavy (non-hydrogen) atoms. The van der Waals surface area contributed by atoms with E-state index in [0.29, 0.717) is 11.8 Å². The van der Waals surface area contributed by atoms with Crippen LogP contribution in [-0.4, -0.2) is 31.7 Å². The van der Waals surface area contributed by atoms with E-state index in [1.165, 1.54) is 32.0 Å². The summed E-state index contributed by atoms with van der Waals surface area (Å²) in [6, 6.07) is 10.7. The van der Waals surface area contributed by atoms with E-state index >= 15 is 0 Å². The molecule has 1 aromatic carbocycles. The first kappa shape index (κ1) is 11.7. The van der Waals surface area contributed by atoms with E-state index in [9.17, 15) is 4.79 Å². The van der Waals surface area contributed by atoms with Crippen LogP contribution < -0.4 is 4.90 Å². The van der Waals surface area contributed by atoms with Crippen LogP contribution in [0, 0.1) is 5.92 Å². The second-order valence-corrected chi connectivity index (χ2v) is 5.53. The van der Waals surface area contributed by atoms with Crippen molar-refractivity contribution in [3.8, 4) is 0 Å². The number of rotatable bonds is 2. The Labute approximate surface area is 108 Å². The van der Waals surface area contributed by atoms with Crippen molar-refractivity contribution >= 4 is 5.97 Å². The van der Waals surface area contributed by atoms with Crippen molar-refractivity contribution in [2.75, 3.05) is 19.6 Å². The lowest BCUT2D eigenvalue weighted by Gasteiger charge is -2.46. The SMILES string of the molecule is CC(=O)O[C@H]1C[NH+]2CC[C@@H]1[C@H](c1ccccc1)C2. The normalized spacial score (nSPS) is 34.3. The third-order valence-electron chi connectivity index (χ3n) is 4.37. The number of ether oxygens (including phenoxy) is 1. The molecule has 3 aliphatic rings. The van der Waals surface area contributed by atoms with Gasteiger partial charge < -0.3 is 9.64 Å². The zero-order valence-corrected chi connectivity index (χ0v) is 10.8. The molecule has 0 aromatic heterocycles. The average molecular weight is 246 g/mol. The molecule has 4 rings (SSSR count). The first-order valence-corrected chi connectivity index (χ1v) is 6.80. The molecule has 96 valence electrons. The maximum absolute atomic E-state index is 11.2. The Hall–Kier alpha value is -1.35. The van der Waals surface area contributed by atoms with Crippen molar-refractivity contribution in [2.45, 2.75) is 25.4 Å². The summed E-state index contributed by atoms with van der Waals surface area (Å²) in [5.41, 5.74) is 1.40. The largest absolute Gasteiger partial charge is 0.456 e. The van der Waals surface area contributed by atoms with Crippen LogP contribution >= 0.6 is 0 Å². The molecule has 3 aliphatic heterocycles. The van der Waals surface area contributed by atoms with Gasteiger partial charge >= 0.3 is 5.97 Å². The summed E-state index contributed by atoms with van der Waals surface area (Å²) < 4.78 is 5.52. The zero-order valence-electron chi connectivity index (χ0n) is 10.8. The number of hydrogen-bond donors (Lipinski definition) is 1. The Balaban J connectivity index is 1.82. The van der Waals surface area contributed by atoms with Gasteiger partial charge in [-0.05, 0) is 5.56 Å². The monoisotopic (exact) mass is 246 g/mol. The van der Waals surface area contributed by atoms with E-state index in [0.717, 1.165) is 6.54 Å². The molecule has 0 saturated carbocycles. The highest BCUT2D eigenvalue weighted by atomic mass is 16.5. The number of esters is 1. The fourth-order valence-corrected chi connectivity index (χ4v) is 3.61. The first-order valence-electron chi connectivity index (χ1n) is 6.80. The number of piperidine rings is 3. The van der Waals surface area contributed by atoms with Gasteiger partial charge in [0.1, 0.15) is 6.54 Å². The summed E-state index contributed by atoms with van der Waals surface area (Å²) in [4.78, 5) is 12.8. The van der Waals surface area contributed by atoms with Crippen LogP contribution in [0.25, 0.3) is 0 Å². The van der Waals surface area contributed by atoms with E-state index in [1.807, 2.05) is 0 Å². The lowest BCUT2D eigenvalue weighted by molar-refractivity contribution is -0.922. The standard InChI is InChI=1S/C15H19NO2/c1-11(17)18-15-10-16-8-7-13(15)14(9-16)12-5-3-2-4-6-12/h2-6,13-15H,7-10H2,1H3/p+1/t13-,14+,15+/m1/s1. The summed E-state index contributed by atoms with van der Waals surface area (Å²) in [7, 11) is 0. The molecular weight excluding hydrogens is 226 g/mol. The van der Waals surface area contributed by atoms with Crippen molar-refractivity contribution in [1.82, 2.24) is 0 Å². The van der Waals surface area contributed by atoms with Crippen LogP contribution in [-0.2, 0) is 9.53 Å². The highest BCUT2D eigenvalue weighted by Crippen LogP contribution is 2.34. The number of benzene rings is 1. The lowest BCUT2D eigenvalue weighted by atomic mass is 9.74. The number of carbonyl (C=O) groups is 1. The van der Waals surface area contributed by atoms with Crippen molar-refractivity contribution < 1.29 is 14.4 Å². The first-order chi connectivity index (χ1) is 8.74. The molecule has 3 heteroatoms. The van der Waals surface area contributed by atoms with Crippen molar-refractivity contribution in [2.24, 2.45) is 5.92 Å². The van der Waals surface area contributed by atoms with Crippen LogP contribution in [0.15, 0.2) is 30.3 Å². The van der Waals surface area contributed by atoms with Gasteiger partial charge in [-0.15, -0.1) is 0 Å². The molecular formula is C15H20NO2+. The fourth-order valence-electron chi connectivity index (χ4n) is 3.61. The quantitative estimate of drug-likeness (QED) is 0.776. The minimum atomic E-state index is -0.139. The second-order valence-electron chi connectivity index (χ2n) is 5.53. The summed E-state index contributed by atoms with van der Waals surface area (Å²) in [6.45, 7) is 4.93. The molecule has 3 saturated heterocycles. The lowest BCUT2D eigenvalue weighted by Crippen LogP contribution is -3.17. The predicted octanol–water partition coefficient (Wildman–Crippen LogP) is 0.620. The van der Waals surface area contributed by atoms with E-state index in [-0.39, 0.29) is 12.1 Å². The molecule has 1 unspecified atom stereocenters. The van der Waals surface area contributed by atoms with Gasteiger partial charge in [-0.3, -0.25) is 4.79 Å². The van der Waals surface area contributed by atoms with Gasteiger partial charge in [0.2, 0.25) is 0 Å². The number of carbonyl (C=O) groups excluding carboxylic acids is 1. The second kappa shape index (κ2) is 4.73. The molecule has 1 N–H and O–H groups in total. The number of nitrogens with one attached hydrogen (secondary N) is 1. The molecule has 2 bridgehead atoms. The van der Waals surface area contributed by atoms with Gasteiger partial charge in [0.05, 0.1) is 13.1 Å². The number of quaternary nitrogens is 1. The maximum atomic E-state index is 11.2. The molecule has 3 nitrogen and oxygen atoms in total. The van der Waals surface area contributed by atoms with E-state index < -0.39 is 0 Å². The Bertz CT molecular complexity index is 431. The summed E-state index contributed by atoms with van der Waals surface area (Å²) in [5.74, 6) is 0.918. The Morgan fingerprint density at radius 2 is 2.06 bits per heavy atom. The Morgan fingerprint density at radius 3 is 2.72 bits per heavy atom. The van der Waals surface area contributed by atoms with Gasteiger partial charge in [0, 0.05) is 25.2 Å². The summed E-state index contributed by atoms with van der Waals surface area (Å²) in [5, 5.41) is 0. The van der Waals surface area contributed by atoms with E-state index in [4.69, 9.17) is 4.74 Å². The molecule has 0 radical (unpaired) electrons. The van der Waals surface area contributed by atoms with E-state index in [1.54, 1.807) is 4.90 Å². The highest BCUT2D eigenvalue weighted by Gasteiger charge is 2.46. The van der Waals surface area contributed by atoms with Crippen molar-refractivity contribution in [3.63, 3.8) is 0 Å². The minimum Gasteiger partial charge on any atom is -0.456 e. The van der Waals surface area contributed by atoms with Crippen molar-refractivity contribution in [1.29, 1.82) is 0 Å². The fraction of sp³-hybridized carbons (Fsp3) is 0.533. The van der Waals surface area contributed by atoms with Gasteiger partial charge in [-0.1, -0.05) is 30.3 Å². The Morgan fingerprint density at radius 1 is 1.28 bits per heavy atom. The number of hydrogen-bond acceptors (Lipinski definition) is 2. The van der Waals surface area contributed by atoms with Gasteiger partial charge in [0.15, 0.2) is 6.10 Å². The van der Waals surface area contributed by atoms with Crippen LogP contribution in [0.3, 0.4) is 0 Å². The molecule has 3 fully saturated rings. The highest BCUT2D eigenvalue weighted by molar-refractivity contribution is 5.66. The third-order valence-corrected chi connectivity index (χ3v) is 4.37. The Kier molecular flexibility index (Phi) is 3.08. The number of fused-ring (bicyclic) bond motifs is 3. The molecule has 0 spiro atoms. The molecule has 3 heterocycles. The maximum Gasteiger partial charge on any atom is 0.303 e. The van der Waals surface area contributed by atoms with Crippen molar-refractivity contribution in [3.05, 3.63) is 35.9 Å².